The molecule has 1 aromatic heterocycles. The minimum Gasteiger partial charge on any atom is -0.481 e. The van der Waals surface area contributed by atoms with Gasteiger partial charge in [-0.05, 0) is 19.1 Å². The Kier molecular flexibility index (Phi) is 4.86. The molecule has 1 heterocycles. The van der Waals surface area contributed by atoms with E-state index in [1.165, 1.54) is 5.56 Å². The van der Waals surface area contributed by atoms with E-state index < -0.39 is 5.97 Å². The number of hydrogen-bond donors (Lipinski definition) is 1. The molecule has 19 heavy (non-hydrogen) atoms. The molecule has 100 valence electrons. The highest BCUT2D eigenvalue weighted by atomic mass is 32.2. The minimum absolute atomic E-state index is 0.0767. The van der Waals surface area contributed by atoms with E-state index in [1.54, 1.807) is 11.8 Å². The lowest BCUT2D eigenvalue weighted by Gasteiger charge is -1.99. The molecule has 2 aromatic rings. The molecule has 0 radical (unpaired) electrons. The van der Waals surface area contributed by atoms with Gasteiger partial charge in [0.2, 0.25) is 0 Å². The molecule has 0 unspecified atom stereocenters. The van der Waals surface area contributed by atoms with E-state index in [0.717, 1.165) is 16.7 Å². The Morgan fingerprint density at radius 1 is 1.42 bits per heavy atom. The molecule has 5 nitrogen and oxygen atoms in total. The molecule has 7 heteroatoms. The monoisotopic (exact) mass is 296 g/mol. The third-order valence-electron chi connectivity index (χ3n) is 2.13. The van der Waals surface area contributed by atoms with Crippen molar-refractivity contribution in [3.8, 4) is 0 Å². The maximum Gasteiger partial charge on any atom is 0.314 e. The fourth-order valence-corrected chi connectivity index (χ4v) is 2.70. The third kappa shape index (κ3) is 4.60. The fourth-order valence-electron chi connectivity index (χ4n) is 1.33. The Hall–Kier alpha value is -1.47. The zero-order valence-electron chi connectivity index (χ0n) is 10.2. The first-order chi connectivity index (χ1) is 9.13. The highest BCUT2D eigenvalue weighted by Crippen LogP contribution is 2.23. The highest BCUT2D eigenvalue weighted by molar-refractivity contribution is 7.99. The van der Waals surface area contributed by atoms with Crippen LogP contribution in [0.4, 0.5) is 0 Å². The Morgan fingerprint density at radius 2 is 2.26 bits per heavy atom. The van der Waals surface area contributed by atoms with Crippen LogP contribution < -0.4 is 0 Å². The number of aryl methyl sites for hydroxylation is 1. The molecule has 2 rings (SSSR count). The Balaban J connectivity index is 1.88. The van der Waals surface area contributed by atoms with Gasteiger partial charge < -0.3 is 9.63 Å². The maximum atomic E-state index is 10.4. The van der Waals surface area contributed by atoms with Gasteiger partial charge in [0.25, 0.3) is 5.22 Å². The summed E-state index contributed by atoms with van der Waals surface area (Å²) in [5, 5.41) is 12.6. The molecule has 0 spiro atoms. The van der Waals surface area contributed by atoms with Crippen molar-refractivity contribution in [2.75, 3.05) is 5.75 Å². The molecule has 0 atom stereocenters. The van der Waals surface area contributed by atoms with Crippen molar-refractivity contribution in [2.45, 2.75) is 22.8 Å². The van der Waals surface area contributed by atoms with Gasteiger partial charge in [-0.15, -0.1) is 11.8 Å². The number of carboxylic acids is 1. The van der Waals surface area contributed by atoms with Crippen LogP contribution >= 0.6 is 23.5 Å². The molecule has 0 fully saturated rings. The summed E-state index contributed by atoms with van der Waals surface area (Å²) in [6.45, 7) is 2.04. The summed E-state index contributed by atoms with van der Waals surface area (Å²) in [5.41, 5.74) is 1.20. The van der Waals surface area contributed by atoms with Gasteiger partial charge in [-0.3, -0.25) is 4.79 Å². The number of aliphatic carboxylic acids is 1. The molecule has 0 saturated heterocycles. The number of carbonyl (C=O) groups is 1. The quantitative estimate of drug-likeness (QED) is 0.821. The average Bonchev–Trinajstić information content (AvgIpc) is 2.82. The van der Waals surface area contributed by atoms with E-state index in [9.17, 15) is 4.79 Å². The van der Waals surface area contributed by atoms with Crippen LogP contribution in [0.1, 0.15) is 11.4 Å². The van der Waals surface area contributed by atoms with E-state index in [1.807, 2.05) is 25.1 Å². The van der Waals surface area contributed by atoms with E-state index in [2.05, 4.69) is 16.2 Å². The van der Waals surface area contributed by atoms with Crippen LogP contribution in [0.15, 0.2) is 38.9 Å². The lowest BCUT2D eigenvalue weighted by atomic mass is 10.2. The Morgan fingerprint density at radius 3 is 3.00 bits per heavy atom. The summed E-state index contributed by atoms with van der Waals surface area (Å²) in [6, 6.07) is 8.16. The van der Waals surface area contributed by atoms with E-state index in [-0.39, 0.29) is 5.75 Å². The first-order valence-electron chi connectivity index (χ1n) is 5.50. The molecule has 1 N–H and O–H groups in total. The van der Waals surface area contributed by atoms with E-state index in [0.29, 0.717) is 16.8 Å². The lowest BCUT2D eigenvalue weighted by molar-refractivity contribution is -0.133. The molecule has 0 aliphatic rings. The molecular weight excluding hydrogens is 284 g/mol. The second-order valence-corrected chi connectivity index (χ2v) is 5.74. The zero-order chi connectivity index (χ0) is 13.7. The lowest BCUT2D eigenvalue weighted by Crippen LogP contribution is -1.97. The second-order valence-electron chi connectivity index (χ2n) is 3.76. The average molecular weight is 296 g/mol. The minimum atomic E-state index is -0.904. The van der Waals surface area contributed by atoms with Crippen molar-refractivity contribution in [1.82, 2.24) is 10.1 Å². The topological polar surface area (TPSA) is 76.2 Å². The number of thioether (sulfide) groups is 2. The smallest absolute Gasteiger partial charge is 0.314 e. The van der Waals surface area contributed by atoms with Gasteiger partial charge in [-0.25, -0.2) is 0 Å². The largest absolute Gasteiger partial charge is 0.481 e. The van der Waals surface area contributed by atoms with Crippen molar-refractivity contribution in [1.29, 1.82) is 0 Å². The van der Waals surface area contributed by atoms with E-state index >= 15 is 0 Å². The Bertz CT molecular complexity index is 572. The molecule has 0 aliphatic heterocycles. The maximum absolute atomic E-state index is 10.4. The summed E-state index contributed by atoms with van der Waals surface area (Å²) < 4.78 is 4.95. The van der Waals surface area contributed by atoms with Crippen LogP contribution in [0.25, 0.3) is 0 Å². The van der Waals surface area contributed by atoms with Crippen LogP contribution in [-0.2, 0) is 10.5 Å². The summed E-state index contributed by atoms with van der Waals surface area (Å²) in [6.07, 6.45) is 0. The first-order valence-corrected chi connectivity index (χ1v) is 7.47. The molecular formula is C12H12N2O3S2. The van der Waals surface area contributed by atoms with Crippen molar-refractivity contribution < 1.29 is 14.4 Å². The second kappa shape index (κ2) is 6.63. The van der Waals surface area contributed by atoms with Gasteiger partial charge in [0.15, 0.2) is 5.82 Å². The summed E-state index contributed by atoms with van der Waals surface area (Å²) in [5.74, 6) is 0.186. The van der Waals surface area contributed by atoms with Gasteiger partial charge in [0.1, 0.15) is 5.75 Å². The number of hydrogen-bond acceptors (Lipinski definition) is 6. The SMILES string of the molecule is Cc1cccc(SCc2noc(SCC(=O)O)n2)c1. The molecule has 0 bridgehead atoms. The van der Waals surface area contributed by atoms with Gasteiger partial charge >= 0.3 is 5.97 Å². The number of aromatic nitrogens is 2. The van der Waals surface area contributed by atoms with Gasteiger partial charge in [0.05, 0.1) is 5.75 Å². The first kappa shape index (κ1) is 14.0. The number of carboxylic acid groups (broad SMARTS) is 1. The molecule has 1 aromatic carbocycles. The number of rotatable bonds is 6. The van der Waals surface area contributed by atoms with Crippen LogP contribution in [0, 0.1) is 6.92 Å². The molecule has 0 amide bonds. The number of benzene rings is 1. The summed E-state index contributed by atoms with van der Waals surface area (Å²) in [4.78, 5) is 15.7. The summed E-state index contributed by atoms with van der Waals surface area (Å²) >= 11 is 2.64. The van der Waals surface area contributed by atoms with Crippen molar-refractivity contribution in [3.63, 3.8) is 0 Å². The van der Waals surface area contributed by atoms with Crippen molar-refractivity contribution >= 4 is 29.5 Å². The predicted octanol–water partition coefficient (Wildman–Crippen LogP) is 2.85. The van der Waals surface area contributed by atoms with Crippen LogP contribution in [-0.4, -0.2) is 27.0 Å². The Labute approximate surface area is 118 Å². The number of nitrogens with zero attached hydrogens (tertiary/aromatic N) is 2. The standard InChI is InChI=1S/C12H12N2O3S2/c1-8-3-2-4-9(5-8)18-6-10-13-12(17-14-10)19-7-11(15)16/h2-5H,6-7H2,1H3,(H,15,16). The van der Waals surface area contributed by atoms with Crippen molar-refractivity contribution in [2.24, 2.45) is 0 Å². The third-order valence-corrected chi connectivity index (χ3v) is 3.92. The van der Waals surface area contributed by atoms with Gasteiger partial charge in [-0.1, -0.05) is 34.6 Å². The van der Waals surface area contributed by atoms with Crippen molar-refractivity contribution in [3.05, 3.63) is 35.7 Å². The summed E-state index contributed by atoms with van der Waals surface area (Å²) in [7, 11) is 0. The van der Waals surface area contributed by atoms with Gasteiger partial charge in [0, 0.05) is 4.90 Å². The van der Waals surface area contributed by atoms with E-state index in [4.69, 9.17) is 9.63 Å². The van der Waals surface area contributed by atoms with Crippen LogP contribution in [0.3, 0.4) is 0 Å². The van der Waals surface area contributed by atoms with Gasteiger partial charge in [-0.2, -0.15) is 4.98 Å². The molecule has 0 saturated carbocycles. The highest BCUT2D eigenvalue weighted by Gasteiger charge is 2.09. The molecule has 0 aliphatic carbocycles. The zero-order valence-corrected chi connectivity index (χ0v) is 11.8. The predicted molar refractivity (Wildman–Crippen MR) is 73.4 cm³/mol. The van der Waals surface area contributed by atoms with Crippen LogP contribution in [0.5, 0.6) is 0 Å². The fraction of sp³-hybridized carbons (Fsp3) is 0.250. The van der Waals surface area contributed by atoms with Crippen LogP contribution in [0.2, 0.25) is 0 Å². The normalized spacial score (nSPS) is 10.6.